The van der Waals surface area contributed by atoms with Crippen LogP contribution >= 0.6 is 0 Å². The molecule has 1 aliphatic heterocycles. The molecule has 0 bridgehead atoms. The van der Waals surface area contributed by atoms with Crippen LogP contribution in [-0.2, 0) is 9.53 Å². The number of hydrogen-bond donors (Lipinski definition) is 2. The van der Waals surface area contributed by atoms with Gasteiger partial charge in [-0.15, -0.1) is 0 Å². The summed E-state index contributed by atoms with van der Waals surface area (Å²) in [6.45, 7) is 1.94. The normalized spacial score (nSPS) is 50.1. The van der Waals surface area contributed by atoms with Crippen LogP contribution in [0, 0.1) is 11.8 Å². The van der Waals surface area contributed by atoms with Gasteiger partial charge in [-0.2, -0.15) is 0 Å². The van der Waals surface area contributed by atoms with Crippen molar-refractivity contribution in [1.29, 1.82) is 0 Å². The lowest BCUT2D eigenvalue weighted by molar-refractivity contribution is -0.158. The first kappa shape index (κ1) is 8.97. The van der Waals surface area contributed by atoms with Crippen LogP contribution in [0.5, 0.6) is 0 Å². The fraction of sp³-hybridized carbons (Fsp3) is 0.889. The molecule has 4 nitrogen and oxygen atoms in total. The third kappa shape index (κ3) is 1.34. The molecule has 4 heteroatoms. The second-order valence-corrected chi connectivity index (χ2v) is 4.29. The van der Waals surface area contributed by atoms with Crippen molar-refractivity contribution in [3.8, 4) is 0 Å². The molecule has 0 aromatic carbocycles. The number of hydrogen-bond acceptors (Lipinski definition) is 4. The van der Waals surface area contributed by atoms with Gasteiger partial charge in [0.05, 0.1) is 24.7 Å². The first-order chi connectivity index (χ1) is 6.00. The standard InChI is InChI=1S/C9H14O4/c1-9(12)3-7(10)5-2-8(11)13-4-6(5)9/h5-7,10,12H,2-4H2,1H3/t5?,6?,7-,9+/m1/s1. The van der Waals surface area contributed by atoms with Crippen molar-refractivity contribution in [3.05, 3.63) is 0 Å². The Labute approximate surface area is 76.5 Å². The van der Waals surface area contributed by atoms with Crippen LogP contribution in [-0.4, -0.2) is 34.5 Å². The van der Waals surface area contributed by atoms with Crippen molar-refractivity contribution < 1.29 is 19.7 Å². The van der Waals surface area contributed by atoms with Crippen LogP contribution < -0.4 is 0 Å². The van der Waals surface area contributed by atoms with E-state index < -0.39 is 11.7 Å². The van der Waals surface area contributed by atoms with E-state index in [9.17, 15) is 15.0 Å². The highest BCUT2D eigenvalue weighted by atomic mass is 16.5. The molecule has 1 saturated heterocycles. The number of aliphatic hydroxyl groups is 2. The van der Waals surface area contributed by atoms with E-state index in [2.05, 4.69) is 0 Å². The average Bonchev–Trinajstić information content (AvgIpc) is 2.22. The second kappa shape index (κ2) is 2.69. The van der Waals surface area contributed by atoms with E-state index in [-0.39, 0.29) is 30.8 Å². The molecule has 2 fully saturated rings. The Morgan fingerprint density at radius 1 is 1.62 bits per heavy atom. The Bertz CT molecular complexity index is 236. The van der Waals surface area contributed by atoms with E-state index in [0.29, 0.717) is 6.42 Å². The average molecular weight is 186 g/mol. The molecular weight excluding hydrogens is 172 g/mol. The van der Waals surface area contributed by atoms with Crippen LogP contribution in [0.3, 0.4) is 0 Å². The Morgan fingerprint density at radius 3 is 3.00 bits per heavy atom. The highest BCUT2D eigenvalue weighted by Crippen LogP contribution is 2.44. The van der Waals surface area contributed by atoms with Gasteiger partial charge in [-0.1, -0.05) is 0 Å². The summed E-state index contributed by atoms with van der Waals surface area (Å²) in [5.74, 6) is -0.477. The summed E-state index contributed by atoms with van der Waals surface area (Å²) in [7, 11) is 0. The summed E-state index contributed by atoms with van der Waals surface area (Å²) < 4.78 is 4.87. The van der Waals surface area contributed by atoms with Crippen LogP contribution in [0.1, 0.15) is 19.8 Å². The maximum atomic E-state index is 10.9. The third-order valence-electron chi connectivity index (χ3n) is 3.26. The van der Waals surface area contributed by atoms with Gasteiger partial charge in [0, 0.05) is 18.3 Å². The second-order valence-electron chi connectivity index (χ2n) is 4.29. The Hall–Kier alpha value is -0.610. The zero-order valence-electron chi connectivity index (χ0n) is 7.56. The molecule has 0 amide bonds. The predicted octanol–water partition coefficient (Wildman–Crippen LogP) is -0.319. The molecule has 0 radical (unpaired) electrons. The maximum absolute atomic E-state index is 10.9. The molecule has 2 rings (SSSR count). The summed E-state index contributed by atoms with van der Waals surface area (Å²) >= 11 is 0. The van der Waals surface area contributed by atoms with Crippen molar-refractivity contribution in [1.82, 2.24) is 0 Å². The summed E-state index contributed by atoms with van der Waals surface area (Å²) in [6, 6.07) is 0. The van der Waals surface area contributed by atoms with E-state index in [0.717, 1.165) is 0 Å². The molecule has 2 unspecified atom stereocenters. The molecular formula is C9H14O4. The number of aliphatic hydroxyl groups excluding tert-OH is 1. The summed E-state index contributed by atoms with van der Waals surface area (Å²) in [6.07, 6.45) is 0.0221. The van der Waals surface area contributed by atoms with Gasteiger partial charge in [0.25, 0.3) is 0 Å². The van der Waals surface area contributed by atoms with Crippen molar-refractivity contribution in [2.24, 2.45) is 11.8 Å². The molecule has 0 spiro atoms. The largest absolute Gasteiger partial charge is 0.465 e. The fourth-order valence-corrected chi connectivity index (χ4v) is 2.47. The topological polar surface area (TPSA) is 66.8 Å². The first-order valence-corrected chi connectivity index (χ1v) is 4.57. The lowest BCUT2D eigenvalue weighted by Crippen LogP contribution is -2.40. The highest BCUT2D eigenvalue weighted by molar-refractivity contribution is 5.70. The number of carbonyl (C=O) groups excluding carboxylic acids is 1. The SMILES string of the molecule is C[C@]1(O)C[C@@H](O)C2CC(=O)OCC21. The van der Waals surface area contributed by atoms with Gasteiger partial charge in [-0.3, -0.25) is 4.79 Å². The molecule has 74 valence electrons. The Kier molecular flexibility index (Phi) is 1.85. The van der Waals surface area contributed by atoms with E-state index in [1.54, 1.807) is 6.92 Å². The van der Waals surface area contributed by atoms with E-state index >= 15 is 0 Å². The molecule has 0 aromatic heterocycles. The molecule has 1 aliphatic carbocycles. The van der Waals surface area contributed by atoms with Gasteiger partial charge >= 0.3 is 5.97 Å². The lowest BCUT2D eigenvalue weighted by Gasteiger charge is -2.31. The van der Waals surface area contributed by atoms with Crippen LogP contribution in [0.25, 0.3) is 0 Å². The number of carbonyl (C=O) groups is 1. The van der Waals surface area contributed by atoms with Crippen LogP contribution in [0.15, 0.2) is 0 Å². The van der Waals surface area contributed by atoms with Gasteiger partial charge in [0.2, 0.25) is 0 Å². The minimum atomic E-state index is -0.884. The zero-order valence-corrected chi connectivity index (χ0v) is 7.56. The predicted molar refractivity (Wildman–Crippen MR) is 43.8 cm³/mol. The van der Waals surface area contributed by atoms with Gasteiger partial charge in [0.1, 0.15) is 0 Å². The van der Waals surface area contributed by atoms with Crippen molar-refractivity contribution in [2.45, 2.75) is 31.5 Å². The summed E-state index contributed by atoms with van der Waals surface area (Å²) in [5, 5.41) is 19.5. The zero-order chi connectivity index (χ0) is 9.64. The minimum Gasteiger partial charge on any atom is -0.465 e. The van der Waals surface area contributed by atoms with Crippen LogP contribution in [0.4, 0.5) is 0 Å². The maximum Gasteiger partial charge on any atom is 0.306 e. The quantitative estimate of drug-likeness (QED) is 0.509. The van der Waals surface area contributed by atoms with E-state index in [1.165, 1.54) is 0 Å². The third-order valence-corrected chi connectivity index (χ3v) is 3.26. The molecule has 1 saturated carbocycles. The molecule has 2 aliphatic rings. The molecule has 4 atom stereocenters. The lowest BCUT2D eigenvalue weighted by atomic mass is 9.84. The Balaban J connectivity index is 2.19. The van der Waals surface area contributed by atoms with E-state index in [4.69, 9.17) is 4.74 Å². The fourth-order valence-electron chi connectivity index (χ4n) is 2.47. The Morgan fingerprint density at radius 2 is 2.31 bits per heavy atom. The molecule has 13 heavy (non-hydrogen) atoms. The molecule has 0 aromatic rings. The van der Waals surface area contributed by atoms with Crippen molar-refractivity contribution in [3.63, 3.8) is 0 Å². The van der Waals surface area contributed by atoms with Crippen molar-refractivity contribution >= 4 is 5.97 Å². The van der Waals surface area contributed by atoms with Crippen molar-refractivity contribution in [2.75, 3.05) is 6.61 Å². The van der Waals surface area contributed by atoms with Gasteiger partial charge in [-0.05, 0) is 6.92 Å². The summed E-state index contributed by atoms with van der Waals surface area (Å²) in [5.41, 5.74) is -0.884. The molecule has 2 N–H and O–H groups in total. The van der Waals surface area contributed by atoms with Gasteiger partial charge in [-0.25, -0.2) is 0 Å². The number of esters is 1. The summed E-state index contributed by atoms with van der Waals surface area (Å²) in [4.78, 5) is 10.9. The number of ether oxygens (including phenoxy) is 1. The molecule has 1 heterocycles. The monoisotopic (exact) mass is 186 g/mol. The highest BCUT2D eigenvalue weighted by Gasteiger charge is 2.52. The smallest absolute Gasteiger partial charge is 0.306 e. The number of cyclic esters (lactones) is 1. The number of fused-ring (bicyclic) bond motifs is 1. The first-order valence-electron chi connectivity index (χ1n) is 4.57. The minimum absolute atomic E-state index is 0.0970. The van der Waals surface area contributed by atoms with Crippen LogP contribution in [0.2, 0.25) is 0 Å². The van der Waals surface area contributed by atoms with Gasteiger partial charge in [0.15, 0.2) is 0 Å². The number of rotatable bonds is 0. The van der Waals surface area contributed by atoms with Gasteiger partial charge < -0.3 is 14.9 Å². The van der Waals surface area contributed by atoms with E-state index in [1.807, 2.05) is 0 Å².